The molecule has 0 bridgehead atoms. The van der Waals surface area contributed by atoms with Crippen molar-refractivity contribution in [1.82, 2.24) is 15.0 Å². The number of nitriles is 1. The molecule has 2 heterocycles. The van der Waals surface area contributed by atoms with E-state index in [-0.39, 0.29) is 0 Å². The number of aromatic nitrogens is 3. The van der Waals surface area contributed by atoms with Gasteiger partial charge in [0.25, 0.3) is 0 Å². The molecule has 54 heavy (non-hydrogen) atoms. The molecule has 0 spiro atoms. The highest BCUT2D eigenvalue weighted by Gasteiger charge is 2.47. The second kappa shape index (κ2) is 12.7. The molecule has 1 aliphatic carbocycles. The van der Waals surface area contributed by atoms with Crippen LogP contribution >= 0.6 is 0 Å². The van der Waals surface area contributed by atoms with Crippen LogP contribution in [0.1, 0.15) is 27.8 Å². The first kappa shape index (κ1) is 31.3. The molecule has 0 saturated carbocycles. The average molecular weight is 691 g/mol. The fourth-order valence-corrected chi connectivity index (χ4v) is 8.12. The minimum atomic E-state index is -0.651. The molecule has 7 aromatic carbocycles. The molecule has 0 amide bonds. The van der Waals surface area contributed by atoms with Gasteiger partial charge in [0.1, 0.15) is 5.58 Å². The standard InChI is InChI=1S/C49H30N4O/c50-31-32-20-22-33(23-21-32)41-30-43-44(40-28-29-54-45(40)41)39-18-10-11-19-42(39)49(43,37-16-8-3-9-17-37)38-26-24-36(25-27-38)48-52-46(34-12-4-1-5-13-34)51-47(53-48)35-14-6-2-7-15-35/h1-30H. The predicted molar refractivity (Wildman–Crippen MR) is 213 cm³/mol. The Morgan fingerprint density at radius 1 is 0.463 bits per heavy atom. The van der Waals surface area contributed by atoms with Crippen molar-refractivity contribution >= 4 is 11.0 Å². The van der Waals surface area contributed by atoms with Gasteiger partial charge in [0.05, 0.1) is 23.3 Å². The Morgan fingerprint density at radius 2 is 0.981 bits per heavy atom. The van der Waals surface area contributed by atoms with Crippen LogP contribution in [0.3, 0.4) is 0 Å². The third kappa shape index (κ3) is 4.89. The number of hydrogen-bond donors (Lipinski definition) is 0. The SMILES string of the molecule is N#Cc1ccc(-c2cc3c(c4ccoc24)-c2ccccc2C3(c2ccccc2)c2ccc(-c3nc(-c4ccccc4)nc(-c4ccccc4)n3)cc2)cc1. The summed E-state index contributed by atoms with van der Waals surface area (Å²) in [5, 5.41) is 10.6. The molecular formula is C49H30N4O. The van der Waals surface area contributed by atoms with Gasteiger partial charge in [-0.15, -0.1) is 0 Å². The van der Waals surface area contributed by atoms with Crippen LogP contribution in [0.25, 0.3) is 67.4 Å². The van der Waals surface area contributed by atoms with Crippen LogP contribution < -0.4 is 0 Å². The largest absolute Gasteiger partial charge is 0.464 e. The zero-order valence-electron chi connectivity index (χ0n) is 29.0. The molecule has 0 radical (unpaired) electrons. The monoisotopic (exact) mass is 690 g/mol. The number of furan rings is 1. The van der Waals surface area contributed by atoms with E-state index >= 15 is 0 Å². The number of rotatable bonds is 6. The lowest BCUT2D eigenvalue weighted by Gasteiger charge is -2.34. The summed E-state index contributed by atoms with van der Waals surface area (Å²) in [6.07, 6.45) is 1.78. The van der Waals surface area contributed by atoms with Crippen molar-refractivity contribution in [3.63, 3.8) is 0 Å². The Bertz CT molecular complexity index is 2800. The summed E-state index contributed by atoms with van der Waals surface area (Å²) in [5.74, 6) is 1.86. The van der Waals surface area contributed by atoms with Crippen molar-refractivity contribution in [2.24, 2.45) is 0 Å². The molecule has 9 aromatic rings. The maximum atomic E-state index is 9.53. The lowest BCUT2D eigenvalue weighted by atomic mass is 9.67. The van der Waals surface area contributed by atoms with Crippen molar-refractivity contribution < 1.29 is 4.42 Å². The van der Waals surface area contributed by atoms with E-state index < -0.39 is 5.41 Å². The third-order valence-corrected chi connectivity index (χ3v) is 10.5. The van der Waals surface area contributed by atoms with Gasteiger partial charge >= 0.3 is 0 Å². The first-order chi connectivity index (χ1) is 26.7. The van der Waals surface area contributed by atoms with Crippen LogP contribution in [0.5, 0.6) is 0 Å². The first-order valence-corrected chi connectivity index (χ1v) is 17.9. The van der Waals surface area contributed by atoms with Gasteiger partial charge in [-0.05, 0) is 63.2 Å². The zero-order valence-corrected chi connectivity index (χ0v) is 29.0. The topological polar surface area (TPSA) is 75.6 Å². The summed E-state index contributed by atoms with van der Waals surface area (Å²) in [6.45, 7) is 0. The van der Waals surface area contributed by atoms with Crippen LogP contribution in [0.4, 0.5) is 0 Å². The summed E-state index contributed by atoms with van der Waals surface area (Å²) < 4.78 is 6.24. The van der Waals surface area contributed by atoms with Crippen LogP contribution in [0, 0.1) is 11.3 Å². The van der Waals surface area contributed by atoms with Gasteiger partial charge in [0, 0.05) is 27.6 Å². The molecule has 10 rings (SSSR count). The number of hydrogen-bond acceptors (Lipinski definition) is 5. The molecule has 252 valence electrons. The van der Waals surface area contributed by atoms with Crippen molar-refractivity contribution in [2.45, 2.75) is 5.41 Å². The Balaban J connectivity index is 1.20. The van der Waals surface area contributed by atoms with E-state index in [4.69, 9.17) is 19.4 Å². The number of fused-ring (bicyclic) bond motifs is 5. The van der Waals surface area contributed by atoms with Crippen molar-refractivity contribution in [1.29, 1.82) is 5.26 Å². The quantitative estimate of drug-likeness (QED) is 0.174. The summed E-state index contributed by atoms with van der Waals surface area (Å²) >= 11 is 0. The van der Waals surface area contributed by atoms with Gasteiger partial charge in [-0.2, -0.15) is 5.26 Å². The zero-order chi connectivity index (χ0) is 36.1. The van der Waals surface area contributed by atoms with Gasteiger partial charge in [-0.25, -0.2) is 15.0 Å². The predicted octanol–water partition coefficient (Wildman–Crippen LogP) is 11.5. The maximum absolute atomic E-state index is 9.53. The molecule has 0 saturated heterocycles. The second-order valence-corrected chi connectivity index (χ2v) is 13.5. The normalized spacial score (nSPS) is 14.4. The van der Waals surface area contributed by atoms with E-state index in [1.54, 1.807) is 6.26 Å². The molecule has 1 atom stereocenters. The Hall–Kier alpha value is -7.42. The fraction of sp³-hybridized carbons (Fsp3) is 0.0204. The minimum Gasteiger partial charge on any atom is -0.464 e. The van der Waals surface area contributed by atoms with Crippen LogP contribution in [-0.4, -0.2) is 15.0 Å². The highest BCUT2D eigenvalue weighted by molar-refractivity contribution is 6.08. The minimum absolute atomic E-state index is 0.610. The van der Waals surface area contributed by atoms with E-state index in [1.807, 2.05) is 84.9 Å². The van der Waals surface area contributed by atoms with Gasteiger partial charge in [-0.1, -0.05) is 152 Å². The highest BCUT2D eigenvalue weighted by atomic mass is 16.3. The van der Waals surface area contributed by atoms with E-state index in [0.29, 0.717) is 23.0 Å². The van der Waals surface area contributed by atoms with Gasteiger partial charge < -0.3 is 4.42 Å². The molecule has 0 fully saturated rings. The summed E-state index contributed by atoms with van der Waals surface area (Å²) in [5.41, 5.74) is 12.5. The number of nitrogens with zero attached hydrogens (tertiary/aromatic N) is 4. The van der Waals surface area contributed by atoms with E-state index in [2.05, 4.69) is 97.1 Å². The Morgan fingerprint density at radius 3 is 1.59 bits per heavy atom. The summed E-state index contributed by atoms with van der Waals surface area (Å²) in [6, 6.07) is 62.7. The van der Waals surface area contributed by atoms with E-state index in [0.717, 1.165) is 55.5 Å². The molecule has 1 unspecified atom stereocenters. The average Bonchev–Trinajstić information content (AvgIpc) is 3.86. The molecule has 0 N–H and O–H groups in total. The van der Waals surface area contributed by atoms with Gasteiger partial charge in [0.2, 0.25) is 0 Å². The maximum Gasteiger partial charge on any atom is 0.164 e. The van der Waals surface area contributed by atoms with Gasteiger partial charge in [-0.3, -0.25) is 0 Å². The molecule has 0 aliphatic heterocycles. The smallest absolute Gasteiger partial charge is 0.164 e. The molecule has 5 heteroatoms. The Kier molecular flexibility index (Phi) is 7.35. The van der Waals surface area contributed by atoms with Crippen LogP contribution in [-0.2, 0) is 5.41 Å². The molecular weight excluding hydrogens is 661 g/mol. The van der Waals surface area contributed by atoms with E-state index in [1.165, 1.54) is 16.7 Å². The van der Waals surface area contributed by atoms with Crippen LogP contribution in [0.2, 0.25) is 0 Å². The van der Waals surface area contributed by atoms with Crippen molar-refractivity contribution in [3.05, 3.63) is 210 Å². The van der Waals surface area contributed by atoms with Gasteiger partial charge in [0.15, 0.2) is 17.5 Å². The summed E-state index contributed by atoms with van der Waals surface area (Å²) in [4.78, 5) is 14.9. The lowest BCUT2D eigenvalue weighted by molar-refractivity contribution is 0.616. The van der Waals surface area contributed by atoms with Crippen LogP contribution in [0.15, 0.2) is 187 Å². The summed E-state index contributed by atoms with van der Waals surface area (Å²) in [7, 11) is 0. The molecule has 1 aliphatic rings. The van der Waals surface area contributed by atoms with E-state index in [9.17, 15) is 5.26 Å². The first-order valence-electron chi connectivity index (χ1n) is 17.9. The Labute approximate surface area is 312 Å². The second-order valence-electron chi connectivity index (χ2n) is 13.5. The molecule has 2 aromatic heterocycles. The highest BCUT2D eigenvalue weighted by Crippen LogP contribution is 2.59. The number of benzene rings is 7. The van der Waals surface area contributed by atoms with Crippen molar-refractivity contribution in [2.75, 3.05) is 0 Å². The lowest BCUT2D eigenvalue weighted by Crippen LogP contribution is -2.28. The third-order valence-electron chi connectivity index (χ3n) is 10.5. The molecule has 5 nitrogen and oxygen atoms in total. The fourth-order valence-electron chi connectivity index (χ4n) is 8.12. The van der Waals surface area contributed by atoms with Crippen molar-refractivity contribution in [3.8, 4) is 62.5 Å².